The number of ketones is 1. The topological polar surface area (TPSA) is 58.6 Å². The third kappa shape index (κ3) is 5.91. The summed E-state index contributed by atoms with van der Waals surface area (Å²) in [5.41, 5.74) is 3.26. The minimum Gasteiger partial charge on any atom is -0.484 e. The lowest BCUT2D eigenvalue weighted by atomic mass is 9.99. The van der Waals surface area contributed by atoms with Gasteiger partial charge >= 0.3 is 0 Å². The van der Waals surface area contributed by atoms with Crippen molar-refractivity contribution in [1.29, 1.82) is 0 Å². The number of nitrogens with one attached hydrogen (secondary N) is 1. The summed E-state index contributed by atoms with van der Waals surface area (Å²) in [6.45, 7) is 7.81. The zero-order chi connectivity index (χ0) is 20.8. The summed E-state index contributed by atoms with van der Waals surface area (Å²) in [6.07, 6.45) is 1.88. The minimum atomic E-state index is -0.106. The number of carbonyl (C=O) groups excluding carboxylic acids is 2. The highest BCUT2D eigenvalue weighted by molar-refractivity contribution is 5.94. The van der Waals surface area contributed by atoms with Crippen molar-refractivity contribution in [3.8, 4) is 5.75 Å². The number of piperidine rings is 1. The van der Waals surface area contributed by atoms with Crippen molar-refractivity contribution in [3.63, 3.8) is 0 Å². The summed E-state index contributed by atoms with van der Waals surface area (Å²) in [5.74, 6) is 0.495. The molecule has 0 saturated carbocycles. The highest BCUT2D eigenvalue weighted by Crippen LogP contribution is 2.24. The molecule has 1 saturated heterocycles. The molecule has 0 aliphatic carbocycles. The molecule has 1 heterocycles. The average molecular weight is 395 g/mol. The molecule has 1 aliphatic rings. The van der Waals surface area contributed by atoms with Crippen molar-refractivity contribution < 1.29 is 14.3 Å². The normalized spacial score (nSPS) is 16.2. The molecule has 1 N–H and O–H groups in total. The van der Waals surface area contributed by atoms with Crippen molar-refractivity contribution in [1.82, 2.24) is 10.2 Å². The van der Waals surface area contributed by atoms with Crippen molar-refractivity contribution in [3.05, 3.63) is 65.2 Å². The van der Waals surface area contributed by atoms with Crippen LogP contribution in [0.15, 0.2) is 48.5 Å². The van der Waals surface area contributed by atoms with E-state index in [4.69, 9.17) is 4.74 Å². The third-order valence-electron chi connectivity index (χ3n) is 5.60. The molecule has 1 amide bonds. The van der Waals surface area contributed by atoms with E-state index in [2.05, 4.69) is 48.3 Å². The van der Waals surface area contributed by atoms with Crippen LogP contribution in [0.4, 0.5) is 0 Å². The maximum absolute atomic E-state index is 12.2. The van der Waals surface area contributed by atoms with Gasteiger partial charge in [-0.05, 0) is 63.4 Å². The molecule has 0 bridgehead atoms. The molecule has 29 heavy (non-hydrogen) atoms. The fraction of sp³-hybridized carbons (Fsp3) is 0.417. The van der Waals surface area contributed by atoms with E-state index in [-0.39, 0.29) is 24.3 Å². The van der Waals surface area contributed by atoms with Crippen LogP contribution in [0.5, 0.6) is 5.75 Å². The van der Waals surface area contributed by atoms with E-state index in [9.17, 15) is 9.59 Å². The lowest BCUT2D eigenvalue weighted by molar-refractivity contribution is -0.124. The Hall–Kier alpha value is -2.66. The Balaban J connectivity index is 1.42. The molecule has 1 aliphatic heterocycles. The van der Waals surface area contributed by atoms with E-state index in [1.54, 1.807) is 24.3 Å². The molecular formula is C24H30N2O3. The van der Waals surface area contributed by atoms with Gasteiger partial charge in [0.1, 0.15) is 5.75 Å². The summed E-state index contributed by atoms with van der Waals surface area (Å²) in [5, 5.41) is 3.08. The molecule has 0 spiro atoms. The summed E-state index contributed by atoms with van der Waals surface area (Å²) < 4.78 is 5.54. The molecule has 154 valence electrons. The van der Waals surface area contributed by atoms with E-state index in [0.717, 1.165) is 25.9 Å². The molecule has 0 aromatic heterocycles. The lowest BCUT2D eigenvalue weighted by Crippen LogP contribution is -2.46. The Kier molecular flexibility index (Phi) is 7.04. The van der Waals surface area contributed by atoms with Crippen LogP contribution >= 0.6 is 0 Å². The van der Waals surface area contributed by atoms with Gasteiger partial charge in [-0.25, -0.2) is 0 Å². The van der Waals surface area contributed by atoms with Gasteiger partial charge in [-0.3, -0.25) is 14.5 Å². The first kappa shape index (κ1) is 21.1. The smallest absolute Gasteiger partial charge is 0.258 e. The molecule has 5 nitrogen and oxygen atoms in total. The second kappa shape index (κ2) is 9.70. The molecule has 1 atom stereocenters. The van der Waals surface area contributed by atoms with Crippen molar-refractivity contribution in [2.45, 2.75) is 45.7 Å². The Morgan fingerprint density at radius 3 is 2.45 bits per heavy atom. The number of likely N-dealkylation sites (tertiary alicyclic amines) is 1. The molecule has 5 heteroatoms. The molecular weight excluding hydrogens is 364 g/mol. The maximum Gasteiger partial charge on any atom is 0.258 e. The minimum absolute atomic E-state index is 0.0114. The van der Waals surface area contributed by atoms with Gasteiger partial charge in [0, 0.05) is 30.7 Å². The highest BCUT2D eigenvalue weighted by Gasteiger charge is 2.24. The predicted molar refractivity (Wildman–Crippen MR) is 114 cm³/mol. The molecule has 1 unspecified atom stereocenters. The number of amides is 1. The number of ether oxygens (including phenoxy) is 1. The maximum atomic E-state index is 12.2. The first-order valence-electron chi connectivity index (χ1n) is 10.3. The van der Waals surface area contributed by atoms with Crippen LogP contribution in [0.1, 0.15) is 54.2 Å². The van der Waals surface area contributed by atoms with Crippen molar-refractivity contribution in [2.75, 3.05) is 19.7 Å². The average Bonchev–Trinajstić information content (AvgIpc) is 2.72. The van der Waals surface area contributed by atoms with Gasteiger partial charge in [0.2, 0.25) is 0 Å². The molecule has 2 aromatic carbocycles. The lowest BCUT2D eigenvalue weighted by Gasteiger charge is -2.36. The second-order valence-electron chi connectivity index (χ2n) is 7.84. The van der Waals surface area contributed by atoms with Gasteiger partial charge in [-0.1, -0.05) is 29.8 Å². The van der Waals surface area contributed by atoms with Crippen molar-refractivity contribution >= 4 is 11.7 Å². The van der Waals surface area contributed by atoms with Gasteiger partial charge in [0.25, 0.3) is 5.91 Å². The monoisotopic (exact) mass is 394 g/mol. The quantitative estimate of drug-likeness (QED) is 0.723. The van der Waals surface area contributed by atoms with E-state index in [1.807, 2.05) is 0 Å². The zero-order valence-electron chi connectivity index (χ0n) is 17.5. The van der Waals surface area contributed by atoms with Gasteiger partial charge in [0.15, 0.2) is 12.4 Å². The number of benzene rings is 2. The fourth-order valence-corrected chi connectivity index (χ4v) is 3.78. The van der Waals surface area contributed by atoms with Crippen LogP contribution in [-0.4, -0.2) is 42.3 Å². The highest BCUT2D eigenvalue weighted by atomic mass is 16.5. The van der Waals surface area contributed by atoms with Crippen LogP contribution < -0.4 is 10.1 Å². The van der Waals surface area contributed by atoms with E-state index in [0.29, 0.717) is 17.4 Å². The second-order valence-corrected chi connectivity index (χ2v) is 7.84. The number of Topliss-reactive ketones (excluding diaryl/α,β-unsaturated/α-hetero) is 1. The van der Waals surface area contributed by atoms with Crippen LogP contribution in [0.2, 0.25) is 0 Å². The van der Waals surface area contributed by atoms with Gasteiger partial charge in [-0.15, -0.1) is 0 Å². The zero-order valence-corrected chi connectivity index (χ0v) is 17.5. The van der Waals surface area contributed by atoms with Gasteiger partial charge < -0.3 is 10.1 Å². The predicted octanol–water partition coefficient (Wildman–Crippen LogP) is 3.92. The number of carbonyl (C=O) groups is 2. The first-order valence-corrected chi connectivity index (χ1v) is 10.3. The number of nitrogens with zero attached hydrogens (tertiary/aromatic N) is 1. The Morgan fingerprint density at radius 2 is 1.83 bits per heavy atom. The standard InChI is InChI=1S/C24H30N2O3/c1-17-5-4-6-21(15-17)18(2)26-13-11-22(12-14-26)25-24(28)16-29-23-9-7-20(8-10-23)19(3)27/h4-10,15,18,22H,11-14,16H2,1-3H3,(H,25,28). The molecule has 2 aromatic rings. The Morgan fingerprint density at radius 1 is 1.14 bits per heavy atom. The first-order chi connectivity index (χ1) is 13.9. The summed E-state index contributed by atoms with van der Waals surface area (Å²) in [4.78, 5) is 26.0. The van der Waals surface area contributed by atoms with Crippen LogP contribution in [0, 0.1) is 6.92 Å². The van der Waals surface area contributed by atoms with E-state index in [1.165, 1.54) is 18.1 Å². The SMILES string of the molecule is CC(=O)c1ccc(OCC(=O)NC2CCN(C(C)c3cccc(C)c3)CC2)cc1. The van der Waals surface area contributed by atoms with Crippen LogP contribution in [-0.2, 0) is 4.79 Å². The molecule has 0 radical (unpaired) electrons. The van der Waals surface area contributed by atoms with Crippen LogP contribution in [0.3, 0.4) is 0 Å². The number of aryl methyl sites for hydroxylation is 1. The third-order valence-corrected chi connectivity index (χ3v) is 5.60. The fourth-order valence-electron chi connectivity index (χ4n) is 3.78. The Bertz CT molecular complexity index is 839. The number of hydrogen-bond acceptors (Lipinski definition) is 4. The number of hydrogen-bond donors (Lipinski definition) is 1. The largest absolute Gasteiger partial charge is 0.484 e. The van der Waals surface area contributed by atoms with Gasteiger partial charge in [-0.2, -0.15) is 0 Å². The summed E-state index contributed by atoms with van der Waals surface area (Å²) in [7, 11) is 0. The van der Waals surface area contributed by atoms with E-state index >= 15 is 0 Å². The van der Waals surface area contributed by atoms with E-state index < -0.39 is 0 Å². The van der Waals surface area contributed by atoms with Crippen molar-refractivity contribution in [2.24, 2.45) is 0 Å². The molecule has 3 rings (SSSR count). The van der Waals surface area contributed by atoms with Gasteiger partial charge in [0.05, 0.1) is 0 Å². The summed E-state index contributed by atoms with van der Waals surface area (Å²) in [6, 6.07) is 16.1. The summed E-state index contributed by atoms with van der Waals surface area (Å²) >= 11 is 0. The molecule has 1 fully saturated rings. The number of rotatable bonds is 7. The Labute approximate surface area is 173 Å². The van der Waals surface area contributed by atoms with Crippen LogP contribution in [0.25, 0.3) is 0 Å².